The Hall–Kier alpha value is -1.32. The van der Waals surface area contributed by atoms with Gasteiger partial charge in [-0.3, -0.25) is 0 Å². The zero-order valence-corrected chi connectivity index (χ0v) is 11.6. The molecule has 0 radical (unpaired) electrons. The van der Waals surface area contributed by atoms with Gasteiger partial charge in [0.1, 0.15) is 5.75 Å². The molecule has 0 amide bonds. The summed E-state index contributed by atoms with van der Waals surface area (Å²) in [5.41, 5.74) is 0. The molecule has 1 fully saturated rings. The lowest BCUT2D eigenvalue weighted by Gasteiger charge is -2.31. The van der Waals surface area contributed by atoms with Crippen LogP contribution in [0.4, 0.5) is 13.2 Å². The highest BCUT2D eigenvalue weighted by Crippen LogP contribution is 2.27. The largest absolute Gasteiger partial charge is 0.573 e. The monoisotopic (exact) mass is 325 g/mol. The summed E-state index contributed by atoms with van der Waals surface area (Å²) in [4.78, 5) is -0.302. The van der Waals surface area contributed by atoms with E-state index >= 15 is 0 Å². The Labute approximate surface area is 119 Å². The molecule has 9 heteroatoms. The second-order valence-electron chi connectivity index (χ2n) is 4.87. The molecule has 1 aliphatic carbocycles. The third kappa shape index (κ3) is 4.58. The highest BCUT2D eigenvalue weighted by Gasteiger charge is 2.32. The fourth-order valence-electron chi connectivity index (χ4n) is 2.02. The summed E-state index contributed by atoms with van der Waals surface area (Å²) in [6, 6.07) is 4.18. The highest BCUT2D eigenvalue weighted by atomic mass is 32.2. The van der Waals surface area contributed by atoms with Crippen LogP contribution in [0.1, 0.15) is 12.8 Å². The Morgan fingerprint density at radius 3 is 2.57 bits per heavy atom. The Balaban J connectivity index is 2.03. The molecule has 1 aliphatic rings. The molecule has 0 heterocycles. The average Bonchev–Trinajstić information content (AvgIpc) is 2.31. The molecular weight excluding hydrogens is 311 g/mol. The SMILES string of the molecule is O=S(=O)(NCC1CC(O)C1)c1cccc(OC(F)(F)F)c1. The molecule has 0 aliphatic heterocycles. The zero-order valence-electron chi connectivity index (χ0n) is 10.8. The molecule has 0 aromatic heterocycles. The second-order valence-corrected chi connectivity index (χ2v) is 6.63. The quantitative estimate of drug-likeness (QED) is 0.863. The summed E-state index contributed by atoms with van der Waals surface area (Å²) in [5, 5.41) is 9.11. The van der Waals surface area contributed by atoms with Gasteiger partial charge in [-0.1, -0.05) is 6.07 Å². The summed E-state index contributed by atoms with van der Waals surface area (Å²) in [7, 11) is -3.91. The van der Waals surface area contributed by atoms with E-state index < -0.39 is 28.2 Å². The van der Waals surface area contributed by atoms with Gasteiger partial charge < -0.3 is 9.84 Å². The van der Waals surface area contributed by atoms with E-state index in [-0.39, 0.29) is 17.4 Å². The standard InChI is InChI=1S/C12H14F3NO4S/c13-12(14,15)20-10-2-1-3-11(6-10)21(18,19)16-7-8-4-9(17)5-8/h1-3,6,8-9,16-17H,4-5,7H2. The van der Waals surface area contributed by atoms with Gasteiger partial charge in [0, 0.05) is 12.6 Å². The van der Waals surface area contributed by atoms with Crippen LogP contribution >= 0.6 is 0 Å². The first kappa shape index (κ1) is 16.1. The van der Waals surface area contributed by atoms with Crippen molar-refractivity contribution in [2.75, 3.05) is 6.54 Å². The van der Waals surface area contributed by atoms with Crippen LogP contribution in [0.15, 0.2) is 29.2 Å². The molecule has 118 valence electrons. The first-order valence-electron chi connectivity index (χ1n) is 6.19. The number of halogens is 3. The lowest BCUT2D eigenvalue weighted by atomic mass is 9.83. The number of aliphatic hydroxyl groups excluding tert-OH is 1. The number of rotatable bonds is 5. The van der Waals surface area contributed by atoms with Crippen molar-refractivity contribution in [2.24, 2.45) is 5.92 Å². The van der Waals surface area contributed by atoms with E-state index in [1.54, 1.807) is 0 Å². The Morgan fingerprint density at radius 1 is 1.33 bits per heavy atom. The van der Waals surface area contributed by atoms with E-state index in [0.29, 0.717) is 12.8 Å². The third-order valence-corrected chi connectivity index (χ3v) is 4.54. The first-order chi connectivity index (χ1) is 9.66. The molecule has 0 atom stereocenters. The van der Waals surface area contributed by atoms with Gasteiger partial charge in [0.2, 0.25) is 10.0 Å². The van der Waals surface area contributed by atoms with Gasteiger partial charge in [-0.05, 0) is 30.9 Å². The molecule has 1 saturated carbocycles. The van der Waals surface area contributed by atoms with Gasteiger partial charge in [0.25, 0.3) is 0 Å². The van der Waals surface area contributed by atoms with E-state index in [0.717, 1.165) is 12.1 Å². The molecular formula is C12H14F3NO4S. The van der Waals surface area contributed by atoms with Crippen LogP contribution in [-0.2, 0) is 10.0 Å². The van der Waals surface area contributed by atoms with Crippen molar-refractivity contribution in [3.8, 4) is 5.75 Å². The van der Waals surface area contributed by atoms with Crippen molar-refractivity contribution < 1.29 is 31.4 Å². The van der Waals surface area contributed by atoms with Crippen LogP contribution in [0.5, 0.6) is 5.75 Å². The van der Waals surface area contributed by atoms with Crippen molar-refractivity contribution >= 4 is 10.0 Å². The molecule has 0 bridgehead atoms. The van der Waals surface area contributed by atoms with Gasteiger partial charge in [0.15, 0.2) is 0 Å². The van der Waals surface area contributed by atoms with E-state index in [1.165, 1.54) is 12.1 Å². The number of hydrogen-bond acceptors (Lipinski definition) is 4. The summed E-state index contributed by atoms with van der Waals surface area (Å²) in [6.07, 6.45) is -4.25. The normalized spacial score (nSPS) is 22.7. The van der Waals surface area contributed by atoms with Crippen molar-refractivity contribution in [3.63, 3.8) is 0 Å². The molecule has 0 spiro atoms. The molecule has 5 nitrogen and oxygen atoms in total. The Kier molecular flexibility index (Phi) is 4.45. The topological polar surface area (TPSA) is 75.6 Å². The maximum absolute atomic E-state index is 12.1. The van der Waals surface area contributed by atoms with Gasteiger partial charge in [0.05, 0.1) is 11.0 Å². The second kappa shape index (κ2) is 5.82. The zero-order chi connectivity index (χ0) is 15.7. The van der Waals surface area contributed by atoms with Crippen LogP contribution in [0.2, 0.25) is 0 Å². The minimum absolute atomic E-state index is 0.0457. The third-order valence-electron chi connectivity index (χ3n) is 3.12. The fourth-order valence-corrected chi connectivity index (χ4v) is 3.17. The number of nitrogens with one attached hydrogen (secondary N) is 1. The van der Waals surface area contributed by atoms with Gasteiger partial charge in [-0.25, -0.2) is 13.1 Å². The summed E-state index contributed by atoms with van der Waals surface area (Å²) in [5.74, 6) is -0.547. The van der Waals surface area contributed by atoms with E-state index in [9.17, 15) is 21.6 Å². The summed E-state index contributed by atoms with van der Waals surface area (Å²) < 4.78 is 66.2. The maximum Gasteiger partial charge on any atom is 0.573 e. The molecule has 1 aromatic carbocycles. The lowest BCUT2D eigenvalue weighted by Crippen LogP contribution is -2.38. The van der Waals surface area contributed by atoms with E-state index in [2.05, 4.69) is 9.46 Å². The van der Waals surface area contributed by atoms with Crippen molar-refractivity contribution in [3.05, 3.63) is 24.3 Å². The van der Waals surface area contributed by atoms with Crippen LogP contribution in [0.25, 0.3) is 0 Å². The fraction of sp³-hybridized carbons (Fsp3) is 0.500. The van der Waals surface area contributed by atoms with Gasteiger partial charge >= 0.3 is 6.36 Å². The maximum atomic E-state index is 12.1. The predicted molar refractivity (Wildman–Crippen MR) is 67.0 cm³/mol. The van der Waals surface area contributed by atoms with Crippen LogP contribution in [0.3, 0.4) is 0 Å². The smallest absolute Gasteiger partial charge is 0.406 e. The lowest BCUT2D eigenvalue weighted by molar-refractivity contribution is -0.274. The number of sulfonamides is 1. The highest BCUT2D eigenvalue weighted by molar-refractivity contribution is 7.89. The molecule has 0 saturated heterocycles. The Morgan fingerprint density at radius 2 is 2.00 bits per heavy atom. The van der Waals surface area contributed by atoms with E-state index in [4.69, 9.17) is 5.11 Å². The Bertz CT molecular complexity index is 597. The number of benzene rings is 1. The van der Waals surface area contributed by atoms with Crippen LogP contribution in [-0.4, -0.2) is 32.5 Å². The van der Waals surface area contributed by atoms with Crippen LogP contribution in [0, 0.1) is 5.92 Å². The molecule has 2 N–H and O–H groups in total. The van der Waals surface area contributed by atoms with Crippen molar-refractivity contribution in [2.45, 2.75) is 30.2 Å². The number of hydrogen-bond donors (Lipinski definition) is 2. The number of ether oxygens (including phenoxy) is 1. The number of aliphatic hydroxyl groups is 1. The van der Waals surface area contributed by atoms with E-state index in [1.807, 2.05) is 0 Å². The summed E-state index contributed by atoms with van der Waals surface area (Å²) in [6.45, 7) is 0.143. The summed E-state index contributed by atoms with van der Waals surface area (Å²) >= 11 is 0. The van der Waals surface area contributed by atoms with Crippen molar-refractivity contribution in [1.29, 1.82) is 0 Å². The van der Waals surface area contributed by atoms with Gasteiger partial charge in [-0.2, -0.15) is 0 Å². The van der Waals surface area contributed by atoms with Crippen molar-refractivity contribution in [1.82, 2.24) is 4.72 Å². The van der Waals surface area contributed by atoms with Crippen LogP contribution < -0.4 is 9.46 Å². The average molecular weight is 325 g/mol. The molecule has 1 aromatic rings. The minimum Gasteiger partial charge on any atom is -0.406 e. The molecule has 0 unspecified atom stereocenters. The number of alkyl halides is 3. The van der Waals surface area contributed by atoms with Gasteiger partial charge in [-0.15, -0.1) is 13.2 Å². The predicted octanol–water partition coefficient (Wildman–Crippen LogP) is 1.63. The minimum atomic E-state index is -4.88. The molecule has 2 rings (SSSR count). The molecule has 21 heavy (non-hydrogen) atoms. The first-order valence-corrected chi connectivity index (χ1v) is 7.67.